The molecule has 0 spiro atoms. The van der Waals surface area contributed by atoms with Crippen molar-refractivity contribution in [3.63, 3.8) is 0 Å². The van der Waals surface area contributed by atoms with Crippen LogP contribution in [0.4, 0.5) is 4.79 Å². The van der Waals surface area contributed by atoms with Crippen LogP contribution in [0.2, 0.25) is 0 Å². The van der Waals surface area contributed by atoms with Crippen LogP contribution in [0.1, 0.15) is 42.3 Å². The van der Waals surface area contributed by atoms with Crippen molar-refractivity contribution in [2.45, 2.75) is 39.5 Å². The minimum atomic E-state index is -0.501. The van der Waals surface area contributed by atoms with E-state index in [4.69, 9.17) is 4.74 Å². The van der Waals surface area contributed by atoms with E-state index in [0.717, 1.165) is 17.4 Å². The molecule has 0 radical (unpaired) electrons. The van der Waals surface area contributed by atoms with E-state index in [0.29, 0.717) is 18.7 Å². The van der Waals surface area contributed by atoms with E-state index in [-0.39, 0.29) is 6.09 Å². The summed E-state index contributed by atoms with van der Waals surface area (Å²) in [6.07, 6.45) is 0.493. The third kappa shape index (κ3) is 2.53. The first-order valence-electron chi connectivity index (χ1n) is 5.94. The second-order valence-electron chi connectivity index (χ2n) is 5.44. The zero-order chi connectivity index (χ0) is 13.3. The monoisotopic (exact) mass is 247 g/mol. The van der Waals surface area contributed by atoms with Crippen LogP contribution in [0, 0.1) is 0 Å². The van der Waals surface area contributed by atoms with E-state index in [1.807, 2.05) is 32.9 Å². The highest BCUT2D eigenvalue weighted by atomic mass is 16.6. The first-order chi connectivity index (χ1) is 8.40. The molecule has 0 bridgehead atoms. The number of benzene rings is 1. The first-order valence-corrected chi connectivity index (χ1v) is 5.94. The number of fused-ring (bicyclic) bond motifs is 1. The molecule has 0 saturated carbocycles. The fraction of sp³-hybridized carbons (Fsp3) is 0.429. The van der Waals surface area contributed by atoms with Gasteiger partial charge in [-0.15, -0.1) is 0 Å². The highest BCUT2D eigenvalue weighted by Crippen LogP contribution is 2.26. The van der Waals surface area contributed by atoms with E-state index in [1.54, 1.807) is 11.0 Å². The van der Waals surface area contributed by atoms with Gasteiger partial charge in [-0.25, -0.2) is 4.79 Å². The minimum Gasteiger partial charge on any atom is -0.444 e. The van der Waals surface area contributed by atoms with Crippen LogP contribution in [0.25, 0.3) is 0 Å². The standard InChI is InChI=1S/C14H17NO3/c1-14(2,3)18-13(17)15-7-10-5-4-6-11(9-16)12(10)8-15/h4-6,9H,7-8H2,1-3H3. The smallest absolute Gasteiger partial charge is 0.410 e. The van der Waals surface area contributed by atoms with E-state index in [1.165, 1.54) is 0 Å². The first kappa shape index (κ1) is 12.6. The second-order valence-corrected chi connectivity index (χ2v) is 5.44. The van der Waals surface area contributed by atoms with Gasteiger partial charge in [0, 0.05) is 12.1 Å². The number of aldehydes is 1. The molecule has 0 N–H and O–H groups in total. The Morgan fingerprint density at radius 3 is 2.67 bits per heavy atom. The molecule has 1 aliphatic rings. The van der Waals surface area contributed by atoms with Crippen molar-refractivity contribution in [1.82, 2.24) is 4.90 Å². The molecular weight excluding hydrogens is 230 g/mol. The summed E-state index contributed by atoms with van der Waals surface area (Å²) in [5, 5.41) is 0. The van der Waals surface area contributed by atoms with Crippen LogP contribution in [0.3, 0.4) is 0 Å². The summed E-state index contributed by atoms with van der Waals surface area (Å²) in [6.45, 7) is 6.46. The van der Waals surface area contributed by atoms with Crippen LogP contribution in [0.15, 0.2) is 18.2 Å². The Morgan fingerprint density at radius 2 is 2.06 bits per heavy atom. The zero-order valence-corrected chi connectivity index (χ0v) is 10.9. The molecule has 1 heterocycles. The van der Waals surface area contributed by atoms with Crippen molar-refractivity contribution in [1.29, 1.82) is 0 Å². The molecule has 18 heavy (non-hydrogen) atoms. The Balaban J connectivity index is 2.15. The summed E-state index contributed by atoms with van der Waals surface area (Å²) in [7, 11) is 0. The second kappa shape index (κ2) is 4.44. The number of hydrogen-bond donors (Lipinski definition) is 0. The molecule has 4 nitrogen and oxygen atoms in total. The van der Waals surface area contributed by atoms with Gasteiger partial charge in [-0.1, -0.05) is 18.2 Å². The molecule has 1 aromatic carbocycles. The van der Waals surface area contributed by atoms with Gasteiger partial charge in [0.15, 0.2) is 0 Å². The third-order valence-corrected chi connectivity index (χ3v) is 2.80. The molecule has 1 aliphatic heterocycles. The molecule has 0 unspecified atom stereocenters. The van der Waals surface area contributed by atoms with Crippen LogP contribution < -0.4 is 0 Å². The van der Waals surface area contributed by atoms with Gasteiger partial charge >= 0.3 is 6.09 Å². The van der Waals surface area contributed by atoms with Crippen LogP contribution >= 0.6 is 0 Å². The summed E-state index contributed by atoms with van der Waals surface area (Å²) >= 11 is 0. The number of hydrogen-bond acceptors (Lipinski definition) is 3. The van der Waals surface area contributed by atoms with Gasteiger partial charge in [-0.05, 0) is 31.9 Å². The van der Waals surface area contributed by atoms with Crippen molar-refractivity contribution in [2.24, 2.45) is 0 Å². The van der Waals surface area contributed by atoms with Crippen molar-refractivity contribution in [2.75, 3.05) is 0 Å². The fourth-order valence-electron chi connectivity index (χ4n) is 2.01. The number of rotatable bonds is 1. The summed E-state index contributed by atoms with van der Waals surface area (Å²) < 4.78 is 5.33. The lowest BCUT2D eigenvalue weighted by molar-refractivity contribution is 0.0241. The normalized spacial score (nSPS) is 14.3. The third-order valence-electron chi connectivity index (χ3n) is 2.80. The number of carbonyl (C=O) groups is 2. The maximum Gasteiger partial charge on any atom is 0.410 e. The fourth-order valence-corrected chi connectivity index (χ4v) is 2.01. The zero-order valence-electron chi connectivity index (χ0n) is 10.9. The molecule has 96 valence electrons. The summed E-state index contributed by atoms with van der Waals surface area (Å²) in [4.78, 5) is 24.5. The molecule has 0 aliphatic carbocycles. The largest absolute Gasteiger partial charge is 0.444 e. The topological polar surface area (TPSA) is 46.6 Å². The van der Waals surface area contributed by atoms with Gasteiger partial charge in [0.1, 0.15) is 11.9 Å². The predicted octanol–water partition coefficient (Wildman–Crippen LogP) is 2.75. The van der Waals surface area contributed by atoms with Crippen LogP contribution in [0.5, 0.6) is 0 Å². The van der Waals surface area contributed by atoms with E-state index in [9.17, 15) is 9.59 Å². The van der Waals surface area contributed by atoms with Crippen LogP contribution in [-0.2, 0) is 17.8 Å². The van der Waals surface area contributed by atoms with Gasteiger partial charge in [0.25, 0.3) is 0 Å². The van der Waals surface area contributed by atoms with Crippen molar-refractivity contribution in [3.05, 3.63) is 34.9 Å². The highest BCUT2D eigenvalue weighted by Gasteiger charge is 2.28. The Labute approximate surface area is 107 Å². The maximum atomic E-state index is 11.9. The number of amides is 1. The van der Waals surface area contributed by atoms with Crippen LogP contribution in [-0.4, -0.2) is 22.9 Å². The average molecular weight is 247 g/mol. The van der Waals surface area contributed by atoms with Crippen molar-refractivity contribution >= 4 is 12.4 Å². The predicted molar refractivity (Wildman–Crippen MR) is 67.3 cm³/mol. The van der Waals surface area contributed by atoms with Gasteiger partial charge in [-0.2, -0.15) is 0 Å². The minimum absolute atomic E-state index is 0.337. The van der Waals surface area contributed by atoms with Gasteiger partial charge in [0.2, 0.25) is 0 Å². The summed E-state index contributed by atoms with van der Waals surface area (Å²) in [5.41, 5.74) is 2.10. The molecule has 0 fully saturated rings. The highest BCUT2D eigenvalue weighted by molar-refractivity contribution is 5.79. The van der Waals surface area contributed by atoms with E-state index in [2.05, 4.69) is 0 Å². The van der Waals surface area contributed by atoms with Crippen molar-refractivity contribution < 1.29 is 14.3 Å². The average Bonchev–Trinajstić information content (AvgIpc) is 2.70. The number of nitrogens with zero attached hydrogens (tertiary/aromatic N) is 1. The molecule has 0 atom stereocenters. The molecule has 2 rings (SSSR count). The molecular formula is C14H17NO3. The SMILES string of the molecule is CC(C)(C)OC(=O)N1Cc2cccc(C=O)c2C1. The lowest BCUT2D eigenvalue weighted by Gasteiger charge is -2.24. The molecule has 1 amide bonds. The van der Waals surface area contributed by atoms with E-state index < -0.39 is 5.60 Å². The van der Waals surface area contributed by atoms with Crippen molar-refractivity contribution in [3.8, 4) is 0 Å². The molecule has 0 saturated heterocycles. The Kier molecular flexibility index (Phi) is 3.11. The Morgan fingerprint density at radius 1 is 1.33 bits per heavy atom. The quantitative estimate of drug-likeness (QED) is 0.717. The van der Waals surface area contributed by atoms with E-state index >= 15 is 0 Å². The maximum absolute atomic E-state index is 11.9. The summed E-state index contributed by atoms with van der Waals surface area (Å²) in [6, 6.07) is 5.54. The number of carbonyl (C=O) groups excluding carboxylic acids is 2. The van der Waals surface area contributed by atoms with Gasteiger partial charge in [-0.3, -0.25) is 9.69 Å². The van der Waals surface area contributed by atoms with Gasteiger partial charge in [0.05, 0.1) is 6.54 Å². The Hall–Kier alpha value is -1.84. The molecule has 0 aromatic heterocycles. The summed E-state index contributed by atoms with van der Waals surface area (Å²) in [5.74, 6) is 0. The molecule has 1 aromatic rings. The number of ether oxygens (including phenoxy) is 1. The lowest BCUT2D eigenvalue weighted by atomic mass is 10.1. The van der Waals surface area contributed by atoms with Gasteiger partial charge < -0.3 is 4.74 Å². The lowest BCUT2D eigenvalue weighted by Crippen LogP contribution is -2.33. The Bertz CT molecular complexity index is 488. The molecule has 4 heteroatoms.